The summed E-state index contributed by atoms with van der Waals surface area (Å²) >= 11 is 0. The maximum Gasteiger partial charge on any atom is 0.231 e. The zero-order valence-electron chi connectivity index (χ0n) is 6.09. The molecule has 0 aromatic heterocycles. The minimum Gasteiger partial charge on any atom is -0.361 e. The summed E-state index contributed by atoms with van der Waals surface area (Å²) in [5, 5.41) is 9.64. The third-order valence-electron chi connectivity index (χ3n) is 2.61. The maximum absolute atomic E-state index is 9.64. The molecule has 2 aliphatic rings. The minimum absolute atomic E-state index is 0.411. The summed E-state index contributed by atoms with van der Waals surface area (Å²) in [4.78, 5) is 9.56. The molecule has 0 aromatic carbocycles. The fourth-order valence-electron chi connectivity index (χ4n) is 1.65. The molecule has 10 heavy (non-hydrogen) atoms. The molecule has 1 aliphatic carbocycles. The van der Waals surface area contributed by atoms with Crippen LogP contribution in [0, 0.1) is 0 Å². The third kappa shape index (κ3) is 0.603. The summed E-state index contributed by atoms with van der Waals surface area (Å²) in [6.07, 6.45) is 3.78. The summed E-state index contributed by atoms with van der Waals surface area (Å²) in [6.45, 7) is 1.90. The van der Waals surface area contributed by atoms with E-state index in [1.54, 1.807) is 0 Å². The van der Waals surface area contributed by atoms with Gasteiger partial charge in [-0.05, 0) is 19.8 Å². The lowest BCUT2D eigenvalue weighted by atomic mass is 9.79. The lowest BCUT2D eigenvalue weighted by Gasteiger charge is -2.53. The van der Waals surface area contributed by atoms with Crippen molar-refractivity contribution >= 4 is 0 Å². The standard InChI is InChI=1S/C7H12O3/c1-6-4-2-3-5-7(6,8)10-9-6/h8H,2-5H2,1H3. The summed E-state index contributed by atoms with van der Waals surface area (Å²) in [5.74, 6) is -0.967. The normalized spacial score (nSPS) is 53.4. The second-order valence-corrected chi connectivity index (χ2v) is 3.39. The van der Waals surface area contributed by atoms with Crippen LogP contribution in [0.1, 0.15) is 32.6 Å². The van der Waals surface area contributed by atoms with E-state index in [-0.39, 0.29) is 0 Å². The molecule has 3 nitrogen and oxygen atoms in total. The Morgan fingerprint density at radius 3 is 2.20 bits per heavy atom. The first-order valence-corrected chi connectivity index (χ1v) is 3.76. The van der Waals surface area contributed by atoms with Crippen LogP contribution in [-0.2, 0) is 9.78 Å². The first kappa shape index (κ1) is 6.58. The maximum atomic E-state index is 9.64. The highest BCUT2D eigenvalue weighted by Crippen LogP contribution is 2.48. The topological polar surface area (TPSA) is 38.7 Å². The van der Waals surface area contributed by atoms with Crippen molar-refractivity contribution in [3.05, 3.63) is 0 Å². The van der Waals surface area contributed by atoms with E-state index in [1.807, 2.05) is 6.92 Å². The average Bonchev–Trinajstić information content (AvgIpc) is 1.92. The van der Waals surface area contributed by atoms with Gasteiger partial charge in [0.05, 0.1) is 0 Å². The largest absolute Gasteiger partial charge is 0.361 e. The number of rotatable bonds is 0. The van der Waals surface area contributed by atoms with Crippen LogP contribution in [0.25, 0.3) is 0 Å². The molecule has 1 aliphatic heterocycles. The highest BCUT2D eigenvalue weighted by atomic mass is 17.3. The van der Waals surface area contributed by atoms with E-state index in [1.165, 1.54) is 0 Å². The van der Waals surface area contributed by atoms with E-state index in [0.717, 1.165) is 19.3 Å². The summed E-state index contributed by atoms with van der Waals surface area (Å²) in [6, 6.07) is 0. The Hall–Kier alpha value is -0.120. The van der Waals surface area contributed by atoms with Crippen molar-refractivity contribution in [1.82, 2.24) is 0 Å². The lowest BCUT2D eigenvalue weighted by Crippen LogP contribution is -2.66. The number of hydrogen-bond donors (Lipinski definition) is 1. The van der Waals surface area contributed by atoms with Crippen molar-refractivity contribution in [3.8, 4) is 0 Å². The Balaban J connectivity index is 2.17. The van der Waals surface area contributed by atoms with E-state index in [4.69, 9.17) is 4.89 Å². The zero-order valence-corrected chi connectivity index (χ0v) is 6.09. The van der Waals surface area contributed by atoms with Crippen LogP contribution < -0.4 is 0 Å². The molecule has 58 valence electrons. The molecular formula is C7H12O3. The van der Waals surface area contributed by atoms with Crippen molar-refractivity contribution in [2.75, 3.05) is 0 Å². The molecular weight excluding hydrogens is 132 g/mol. The van der Waals surface area contributed by atoms with Gasteiger partial charge in [0.25, 0.3) is 0 Å². The number of aliphatic hydroxyl groups is 1. The van der Waals surface area contributed by atoms with Gasteiger partial charge in [-0.2, -0.15) is 4.89 Å². The molecule has 2 rings (SSSR count). The molecule has 0 aromatic rings. The quantitative estimate of drug-likeness (QED) is 0.515. The molecule has 2 atom stereocenters. The Bertz CT molecular complexity index is 141. The zero-order chi connectivity index (χ0) is 7.24. The van der Waals surface area contributed by atoms with Gasteiger partial charge < -0.3 is 5.11 Å². The van der Waals surface area contributed by atoms with Crippen molar-refractivity contribution in [2.45, 2.75) is 44.0 Å². The fraction of sp³-hybridized carbons (Fsp3) is 1.00. The van der Waals surface area contributed by atoms with Crippen LogP contribution in [0.5, 0.6) is 0 Å². The van der Waals surface area contributed by atoms with Crippen molar-refractivity contribution in [2.24, 2.45) is 0 Å². The highest BCUT2D eigenvalue weighted by molar-refractivity contribution is 4.97. The van der Waals surface area contributed by atoms with Crippen LogP contribution in [0.3, 0.4) is 0 Å². The molecule has 0 radical (unpaired) electrons. The SMILES string of the molecule is CC12CCCCC1(O)OO2. The first-order chi connectivity index (χ1) is 4.66. The van der Waals surface area contributed by atoms with Gasteiger partial charge in [-0.3, -0.25) is 0 Å². The van der Waals surface area contributed by atoms with Crippen molar-refractivity contribution < 1.29 is 14.9 Å². The molecule has 0 bridgehead atoms. The fourth-order valence-corrected chi connectivity index (χ4v) is 1.65. The molecule has 2 fully saturated rings. The predicted octanol–water partition coefficient (Wildman–Crippen LogP) is 0.970. The average molecular weight is 144 g/mol. The highest BCUT2D eigenvalue weighted by Gasteiger charge is 2.61. The van der Waals surface area contributed by atoms with Gasteiger partial charge in [-0.1, -0.05) is 6.42 Å². The molecule has 0 amide bonds. The Morgan fingerprint density at radius 1 is 1.20 bits per heavy atom. The van der Waals surface area contributed by atoms with Crippen LogP contribution in [-0.4, -0.2) is 16.5 Å². The van der Waals surface area contributed by atoms with Crippen LogP contribution in [0.4, 0.5) is 0 Å². The van der Waals surface area contributed by atoms with E-state index in [0.29, 0.717) is 6.42 Å². The predicted molar refractivity (Wildman–Crippen MR) is 34.0 cm³/mol. The number of fused-ring (bicyclic) bond motifs is 1. The van der Waals surface area contributed by atoms with Crippen LogP contribution in [0.2, 0.25) is 0 Å². The Labute approximate surface area is 59.9 Å². The molecule has 1 N–H and O–H groups in total. The smallest absolute Gasteiger partial charge is 0.231 e. The van der Waals surface area contributed by atoms with Crippen molar-refractivity contribution in [3.63, 3.8) is 0 Å². The van der Waals surface area contributed by atoms with Gasteiger partial charge in [0, 0.05) is 6.42 Å². The van der Waals surface area contributed by atoms with E-state index >= 15 is 0 Å². The molecule has 1 saturated heterocycles. The molecule has 1 heterocycles. The van der Waals surface area contributed by atoms with E-state index < -0.39 is 11.4 Å². The molecule has 1 saturated carbocycles. The molecule has 0 spiro atoms. The van der Waals surface area contributed by atoms with Gasteiger partial charge in [-0.25, -0.2) is 4.89 Å². The van der Waals surface area contributed by atoms with Crippen LogP contribution >= 0.6 is 0 Å². The van der Waals surface area contributed by atoms with Gasteiger partial charge in [-0.15, -0.1) is 0 Å². The Morgan fingerprint density at radius 2 is 1.90 bits per heavy atom. The van der Waals surface area contributed by atoms with Crippen LogP contribution in [0.15, 0.2) is 0 Å². The summed E-state index contributed by atoms with van der Waals surface area (Å²) < 4.78 is 0. The molecule has 2 unspecified atom stereocenters. The monoisotopic (exact) mass is 144 g/mol. The Kier molecular flexibility index (Phi) is 1.14. The lowest BCUT2D eigenvalue weighted by molar-refractivity contribution is -0.608. The van der Waals surface area contributed by atoms with Gasteiger partial charge in [0.15, 0.2) is 5.60 Å². The third-order valence-corrected chi connectivity index (χ3v) is 2.61. The van der Waals surface area contributed by atoms with Gasteiger partial charge in [0.1, 0.15) is 0 Å². The van der Waals surface area contributed by atoms with Crippen molar-refractivity contribution in [1.29, 1.82) is 0 Å². The van der Waals surface area contributed by atoms with Gasteiger partial charge in [0.2, 0.25) is 5.79 Å². The van der Waals surface area contributed by atoms with E-state index in [2.05, 4.69) is 4.89 Å². The number of hydrogen-bond acceptors (Lipinski definition) is 3. The van der Waals surface area contributed by atoms with Gasteiger partial charge >= 0.3 is 0 Å². The minimum atomic E-state index is -0.967. The summed E-state index contributed by atoms with van der Waals surface area (Å²) in [5.41, 5.74) is -0.411. The second-order valence-electron chi connectivity index (χ2n) is 3.39. The first-order valence-electron chi connectivity index (χ1n) is 3.76. The second kappa shape index (κ2) is 1.72. The molecule has 3 heteroatoms. The van der Waals surface area contributed by atoms with E-state index in [9.17, 15) is 5.11 Å². The summed E-state index contributed by atoms with van der Waals surface area (Å²) in [7, 11) is 0.